The number of nitrogens with one attached hydrogen (secondary N) is 1. The first kappa shape index (κ1) is 26.2. The number of amides is 1. The Bertz CT molecular complexity index is 1240. The van der Waals surface area contributed by atoms with Gasteiger partial charge in [-0.3, -0.25) is 9.16 Å². The zero-order valence-corrected chi connectivity index (χ0v) is 20.9. The molecule has 0 atom stereocenters. The fourth-order valence-electron chi connectivity index (χ4n) is 3.22. The Balaban J connectivity index is 2.06. The van der Waals surface area contributed by atoms with E-state index in [1.54, 1.807) is 19.1 Å². The summed E-state index contributed by atoms with van der Waals surface area (Å²) in [5.74, 6) is 0.883. The van der Waals surface area contributed by atoms with Gasteiger partial charge in [-0.2, -0.15) is 18.3 Å². The second kappa shape index (κ2) is 10.9. The molecule has 1 aromatic carbocycles. The van der Waals surface area contributed by atoms with Gasteiger partial charge in [0.15, 0.2) is 11.5 Å². The normalized spacial score (nSPS) is 11.7. The molecular formula is C22H22Cl2F3N5OS. The predicted octanol–water partition coefficient (Wildman–Crippen LogP) is 6.50. The van der Waals surface area contributed by atoms with E-state index in [1.807, 2.05) is 13.8 Å². The first-order valence-electron chi connectivity index (χ1n) is 10.3. The summed E-state index contributed by atoms with van der Waals surface area (Å²) in [6.07, 6.45) is -3.42. The SMILES string of the molecule is CCS(CC)=NCc1cc(Cl)cc(C)c1NC(=O)c1cc(C(F)(F)F)nn1-c1ncccc1Cl. The van der Waals surface area contributed by atoms with Crippen LogP contribution in [0.3, 0.4) is 0 Å². The van der Waals surface area contributed by atoms with Crippen LogP contribution < -0.4 is 5.32 Å². The Morgan fingerprint density at radius 2 is 1.91 bits per heavy atom. The number of pyridine rings is 1. The largest absolute Gasteiger partial charge is 0.435 e. The van der Waals surface area contributed by atoms with Gasteiger partial charge in [0.2, 0.25) is 0 Å². The molecule has 12 heteroatoms. The highest BCUT2D eigenvalue weighted by Gasteiger charge is 2.36. The van der Waals surface area contributed by atoms with Crippen molar-refractivity contribution in [2.24, 2.45) is 4.36 Å². The third kappa shape index (κ3) is 5.97. The molecule has 0 saturated carbocycles. The van der Waals surface area contributed by atoms with Gasteiger partial charge in [-0.1, -0.05) is 37.0 Å². The maximum absolute atomic E-state index is 13.4. The summed E-state index contributed by atoms with van der Waals surface area (Å²) in [5, 5.41) is 6.80. The van der Waals surface area contributed by atoms with Gasteiger partial charge in [-0.25, -0.2) is 9.67 Å². The van der Waals surface area contributed by atoms with E-state index in [0.29, 0.717) is 34.4 Å². The van der Waals surface area contributed by atoms with E-state index < -0.39 is 17.8 Å². The molecule has 1 N–H and O–H groups in total. The van der Waals surface area contributed by atoms with Crippen molar-refractivity contribution in [3.05, 3.63) is 69.1 Å². The van der Waals surface area contributed by atoms with Crippen LogP contribution in [0.1, 0.15) is 41.2 Å². The van der Waals surface area contributed by atoms with Crippen LogP contribution >= 0.6 is 23.2 Å². The maximum Gasteiger partial charge on any atom is 0.435 e. The van der Waals surface area contributed by atoms with E-state index in [9.17, 15) is 18.0 Å². The Hall–Kier alpha value is -2.43. The number of aryl methyl sites for hydroxylation is 1. The summed E-state index contributed by atoms with van der Waals surface area (Å²) in [4.78, 5) is 17.2. The summed E-state index contributed by atoms with van der Waals surface area (Å²) in [5.41, 5.74) is 0.138. The molecule has 0 bridgehead atoms. The van der Waals surface area contributed by atoms with Gasteiger partial charge >= 0.3 is 6.18 Å². The summed E-state index contributed by atoms with van der Waals surface area (Å²) < 4.78 is 45.7. The first-order valence-corrected chi connectivity index (χ1v) is 12.6. The van der Waals surface area contributed by atoms with Gasteiger partial charge in [0, 0.05) is 34.5 Å². The number of anilines is 1. The predicted molar refractivity (Wildman–Crippen MR) is 130 cm³/mol. The molecule has 182 valence electrons. The van der Waals surface area contributed by atoms with E-state index in [1.165, 1.54) is 18.3 Å². The molecule has 0 unspecified atom stereocenters. The molecule has 2 heterocycles. The summed E-state index contributed by atoms with van der Waals surface area (Å²) in [7, 11) is -0.140. The Morgan fingerprint density at radius 3 is 2.53 bits per heavy atom. The molecule has 0 aliphatic rings. The van der Waals surface area contributed by atoms with Crippen LogP contribution in [0.15, 0.2) is 40.9 Å². The highest BCUT2D eigenvalue weighted by atomic mass is 35.5. The molecule has 0 aliphatic carbocycles. The first-order chi connectivity index (χ1) is 16.0. The maximum atomic E-state index is 13.4. The highest BCUT2D eigenvalue weighted by molar-refractivity contribution is 7.87. The number of carbonyl (C=O) groups is 1. The summed E-state index contributed by atoms with van der Waals surface area (Å²) >= 11 is 12.3. The Labute approximate surface area is 207 Å². The molecule has 34 heavy (non-hydrogen) atoms. The number of hydrogen-bond donors (Lipinski definition) is 1. The van der Waals surface area contributed by atoms with Gasteiger partial charge in [0.05, 0.1) is 11.6 Å². The monoisotopic (exact) mass is 531 g/mol. The average molecular weight is 532 g/mol. The van der Waals surface area contributed by atoms with Crippen molar-refractivity contribution in [3.8, 4) is 5.82 Å². The molecule has 0 fully saturated rings. The summed E-state index contributed by atoms with van der Waals surface area (Å²) in [6.45, 7) is 6.15. The van der Waals surface area contributed by atoms with Crippen LogP contribution in [-0.4, -0.2) is 32.2 Å². The van der Waals surface area contributed by atoms with Gasteiger partial charge in [-0.05, 0) is 42.3 Å². The Kier molecular flexibility index (Phi) is 8.38. The number of aromatic nitrogens is 3. The number of nitrogens with zero attached hydrogens (tertiary/aromatic N) is 4. The molecule has 0 aliphatic heterocycles. The van der Waals surface area contributed by atoms with Crippen molar-refractivity contribution in [3.63, 3.8) is 0 Å². The minimum atomic E-state index is -4.77. The van der Waals surface area contributed by atoms with Crippen LogP contribution in [0.25, 0.3) is 5.82 Å². The zero-order valence-electron chi connectivity index (χ0n) is 18.6. The molecule has 2 aromatic heterocycles. The average Bonchev–Trinajstić information content (AvgIpc) is 3.23. The second-order valence-electron chi connectivity index (χ2n) is 7.17. The van der Waals surface area contributed by atoms with Crippen LogP contribution in [0.5, 0.6) is 0 Å². The molecule has 3 rings (SSSR count). The third-order valence-corrected chi connectivity index (χ3v) is 7.22. The fraction of sp³-hybridized carbons (Fsp3) is 0.318. The van der Waals surface area contributed by atoms with Crippen LogP contribution in [0.2, 0.25) is 10.0 Å². The molecule has 0 spiro atoms. The van der Waals surface area contributed by atoms with Crippen molar-refractivity contribution < 1.29 is 18.0 Å². The lowest BCUT2D eigenvalue weighted by Gasteiger charge is -2.15. The van der Waals surface area contributed by atoms with E-state index in [-0.39, 0.29) is 27.2 Å². The molecule has 6 nitrogen and oxygen atoms in total. The van der Waals surface area contributed by atoms with E-state index in [2.05, 4.69) is 15.4 Å². The molecule has 3 aromatic rings. The highest BCUT2D eigenvalue weighted by Crippen LogP contribution is 2.32. The number of rotatable bonds is 7. The van der Waals surface area contributed by atoms with Crippen molar-refractivity contribution in [1.82, 2.24) is 14.8 Å². The van der Waals surface area contributed by atoms with E-state index >= 15 is 0 Å². The number of alkyl halides is 3. The summed E-state index contributed by atoms with van der Waals surface area (Å²) in [6, 6.07) is 6.99. The lowest BCUT2D eigenvalue weighted by Crippen LogP contribution is -2.19. The van der Waals surface area contributed by atoms with Crippen molar-refractivity contribution in [2.75, 3.05) is 16.8 Å². The number of hydrogen-bond acceptors (Lipinski definition) is 4. The lowest BCUT2D eigenvalue weighted by atomic mass is 10.1. The minimum Gasteiger partial charge on any atom is -0.320 e. The van der Waals surface area contributed by atoms with E-state index in [0.717, 1.165) is 16.2 Å². The molecular weight excluding hydrogens is 510 g/mol. The van der Waals surface area contributed by atoms with Gasteiger partial charge < -0.3 is 5.32 Å². The van der Waals surface area contributed by atoms with Crippen molar-refractivity contribution >= 4 is 45.5 Å². The van der Waals surface area contributed by atoms with Crippen LogP contribution in [-0.2, 0) is 23.4 Å². The van der Waals surface area contributed by atoms with Gasteiger partial charge in [0.25, 0.3) is 5.91 Å². The van der Waals surface area contributed by atoms with Gasteiger partial charge in [-0.15, -0.1) is 10.7 Å². The van der Waals surface area contributed by atoms with Gasteiger partial charge in [0.1, 0.15) is 5.69 Å². The van der Waals surface area contributed by atoms with Crippen molar-refractivity contribution in [1.29, 1.82) is 0 Å². The number of carbonyl (C=O) groups excluding carboxylic acids is 1. The third-order valence-electron chi connectivity index (χ3n) is 4.88. The standard InChI is InChI=1S/C22H22Cl2F3N5OS/c1-4-34(5-2)29-12-14-10-15(23)9-13(3)19(14)30-21(33)17-11-18(22(25,26)27)31-32(17)20-16(24)7-6-8-28-20/h6-11H,4-5,12H2,1-3H3,(H,30,33). The lowest BCUT2D eigenvalue weighted by molar-refractivity contribution is -0.141. The van der Waals surface area contributed by atoms with Crippen molar-refractivity contribution in [2.45, 2.75) is 33.5 Å². The zero-order chi connectivity index (χ0) is 25.0. The Morgan fingerprint density at radius 1 is 1.21 bits per heavy atom. The van der Waals surface area contributed by atoms with E-state index in [4.69, 9.17) is 27.6 Å². The molecule has 0 radical (unpaired) electrons. The smallest absolute Gasteiger partial charge is 0.320 e. The second-order valence-corrected chi connectivity index (χ2v) is 10.4. The minimum absolute atomic E-state index is 0.0432. The number of benzene rings is 1. The van der Waals surface area contributed by atoms with Crippen LogP contribution in [0.4, 0.5) is 18.9 Å². The number of halogens is 5. The van der Waals surface area contributed by atoms with Crippen LogP contribution in [0, 0.1) is 6.92 Å². The quantitative estimate of drug-likeness (QED) is 0.378. The molecule has 0 saturated heterocycles. The fourth-order valence-corrected chi connectivity index (χ4v) is 4.81. The molecule has 1 amide bonds. The topological polar surface area (TPSA) is 72.2 Å².